The molecule has 0 amide bonds. The van der Waals surface area contributed by atoms with Gasteiger partial charge < -0.3 is 5.73 Å². The maximum absolute atomic E-state index is 5.78. The topological polar surface area (TPSA) is 73.1 Å². The van der Waals surface area contributed by atoms with Gasteiger partial charge in [-0.15, -0.1) is 11.3 Å². The van der Waals surface area contributed by atoms with Gasteiger partial charge in [-0.3, -0.25) is 10.3 Å². The minimum Gasteiger partial charge on any atom is -0.368 e. The molecule has 0 spiro atoms. The molecule has 0 saturated carbocycles. The first-order valence-electron chi connectivity index (χ1n) is 6.36. The number of fused-ring (bicyclic) bond motifs is 1. The molecule has 20 heavy (non-hydrogen) atoms. The van der Waals surface area contributed by atoms with Crippen molar-refractivity contribution in [3.8, 4) is 0 Å². The zero-order valence-corrected chi connectivity index (χ0v) is 12.2. The Hall–Kier alpha value is -1.92. The van der Waals surface area contributed by atoms with E-state index in [1.807, 2.05) is 6.92 Å². The van der Waals surface area contributed by atoms with E-state index in [-0.39, 0.29) is 5.92 Å². The fourth-order valence-electron chi connectivity index (χ4n) is 2.59. The monoisotopic (exact) mass is 288 g/mol. The van der Waals surface area contributed by atoms with Crippen LogP contribution in [0.2, 0.25) is 0 Å². The molecule has 0 saturated heterocycles. The number of anilines is 1. The highest BCUT2D eigenvalue weighted by Crippen LogP contribution is 2.35. The molecule has 1 aliphatic rings. The first-order chi connectivity index (χ1) is 9.69. The number of aromatic nitrogens is 2. The average Bonchev–Trinajstić information content (AvgIpc) is 2.91. The van der Waals surface area contributed by atoms with E-state index in [9.17, 15) is 0 Å². The molecule has 2 aromatic rings. The van der Waals surface area contributed by atoms with Crippen molar-refractivity contribution >= 4 is 23.0 Å². The van der Waals surface area contributed by atoms with Crippen LogP contribution >= 0.6 is 11.3 Å². The van der Waals surface area contributed by atoms with Gasteiger partial charge in [0.2, 0.25) is 5.95 Å². The zero-order chi connectivity index (χ0) is 14.1. The highest BCUT2D eigenvalue weighted by molar-refractivity contribution is 7.10. The molecule has 0 aromatic carbocycles. The van der Waals surface area contributed by atoms with Crippen molar-refractivity contribution in [1.82, 2.24) is 15.4 Å². The zero-order valence-electron chi connectivity index (χ0n) is 11.4. The molecule has 0 radical (unpaired) electrons. The van der Waals surface area contributed by atoms with Gasteiger partial charge in [0.1, 0.15) is 0 Å². The highest BCUT2D eigenvalue weighted by Gasteiger charge is 2.25. The normalized spacial score (nSPS) is 17.5. The Morgan fingerprint density at radius 1 is 1.45 bits per heavy atom. The van der Waals surface area contributed by atoms with E-state index < -0.39 is 0 Å². The Morgan fingerprint density at radius 3 is 3.00 bits per heavy atom. The number of nitrogen functional groups attached to an aromatic ring is 1. The van der Waals surface area contributed by atoms with Gasteiger partial charge in [0, 0.05) is 22.8 Å². The van der Waals surface area contributed by atoms with Gasteiger partial charge in [0.25, 0.3) is 0 Å². The summed E-state index contributed by atoms with van der Waals surface area (Å²) in [4.78, 5) is 15.0. The summed E-state index contributed by atoms with van der Waals surface area (Å²) in [6, 6.07) is 4.20. The van der Waals surface area contributed by atoms with E-state index in [1.165, 1.54) is 4.88 Å². The van der Waals surface area contributed by atoms with Gasteiger partial charge >= 0.3 is 0 Å². The van der Waals surface area contributed by atoms with E-state index in [1.54, 1.807) is 18.4 Å². The minimum atomic E-state index is 0.286. The van der Waals surface area contributed by atoms with Gasteiger partial charge in [0.05, 0.1) is 24.2 Å². The summed E-state index contributed by atoms with van der Waals surface area (Å²) in [6.07, 6.45) is 3.00. The number of nitrogens with two attached hydrogens (primary N) is 1. The van der Waals surface area contributed by atoms with Crippen LogP contribution in [0.3, 0.4) is 0 Å². The van der Waals surface area contributed by atoms with E-state index in [2.05, 4.69) is 39.0 Å². The van der Waals surface area contributed by atoms with E-state index in [4.69, 9.17) is 10.6 Å². The fraction of sp³-hybridized carbons (Fsp3) is 0.286. The van der Waals surface area contributed by atoms with Crippen LogP contribution in [0.25, 0.3) is 5.70 Å². The molecular weight excluding hydrogens is 272 g/mol. The summed E-state index contributed by atoms with van der Waals surface area (Å²) >= 11 is 1.74. The van der Waals surface area contributed by atoms with Gasteiger partial charge in [-0.25, -0.2) is 9.97 Å². The lowest BCUT2D eigenvalue weighted by Gasteiger charge is -2.24. The number of aryl methyl sites for hydroxylation is 1. The smallest absolute Gasteiger partial charge is 0.220 e. The molecular formula is C14H16N4OS. The average molecular weight is 288 g/mol. The van der Waals surface area contributed by atoms with Gasteiger partial charge in [0.15, 0.2) is 0 Å². The van der Waals surface area contributed by atoms with Gasteiger partial charge in [-0.2, -0.15) is 0 Å². The third-order valence-corrected chi connectivity index (χ3v) is 4.36. The van der Waals surface area contributed by atoms with Crippen molar-refractivity contribution in [2.75, 3.05) is 12.8 Å². The number of allylic oxidation sites excluding steroid dienone is 1. The van der Waals surface area contributed by atoms with E-state index in [0.29, 0.717) is 5.95 Å². The lowest BCUT2D eigenvalue weighted by atomic mass is 9.89. The number of thiophene rings is 1. The summed E-state index contributed by atoms with van der Waals surface area (Å²) in [5.74, 6) is 0.610. The summed E-state index contributed by atoms with van der Waals surface area (Å²) in [6.45, 7) is 1.94. The van der Waals surface area contributed by atoms with Crippen LogP contribution in [0.5, 0.6) is 0 Å². The number of nitrogens with one attached hydrogen (secondary N) is 1. The quantitative estimate of drug-likeness (QED) is 0.848. The lowest BCUT2D eigenvalue weighted by molar-refractivity contribution is 0.136. The SMILES string of the molecule is CONC1=CC(c2cccs2)Cc2nc(N)nc(C)c21. The second-order valence-corrected chi connectivity index (χ2v) is 5.68. The van der Waals surface area contributed by atoms with Crippen molar-refractivity contribution in [3.63, 3.8) is 0 Å². The third kappa shape index (κ3) is 2.28. The second kappa shape index (κ2) is 5.22. The fourth-order valence-corrected chi connectivity index (χ4v) is 3.38. The maximum Gasteiger partial charge on any atom is 0.220 e. The molecule has 5 nitrogen and oxygen atoms in total. The van der Waals surface area contributed by atoms with Crippen LogP contribution in [0.1, 0.15) is 27.7 Å². The lowest BCUT2D eigenvalue weighted by Crippen LogP contribution is -2.21. The van der Waals surface area contributed by atoms with Crippen LogP contribution in [0.4, 0.5) is 5.95 Å². The predicted octanol–water partition coefficient (Wildman–Crippen LogP) is 2.26. The number of hydrogen-bond acceptors (Lipinski definition) is 6. The Morgan fingerprint density at radius 2 is 2.30 bits per heavy atom. The van der Waals surface area contributed by atoms with Crippen LogP contribution in [-0.2, 0) is 11.3 Å². The number of rotatable bonds is 3. The summed E-state index contributed by atoms with van der Waals surface area (Å²) in [5, 5.41) is 2.09. The Labute approximate surface area is 121 Å². The van der Waals surface area contributed by atoms with E-state index in [0.717, 1.165) is 29.1 Å². The molecule has 3 N–H and O–H groups in total. The van der Waals surface area contributed by atoms with Crippen LogP contribution in [0.15, 0.2) is 23.6 Å². The van der Waals surface area contributed by atoms with Crippen molar-refractivity contribution < 1.29 is 4.84 Å². The van der Waals surface area contributed by atoms with E-state index >= 15 is 0 Å². The largest absolute Gasteiger partial charge is 0.368 e. The molecule has 3 rings (SSSR count). The standard InChI is InChI=1S/C14H16N4OS/c1-8-13-10(17-14(15)16-8)6-9(7-11(13)18-19-2)12-4-3-5-20-12/h3-5,7,9,18H,6H2,1-2H3,(H2,15,16,17). The molecule has 0 fully saturated rings. The van der Waals surface area contributed by atoms with Crippen molar-refractivity contribution in [2.45, 2.75) is 19.3 Å². The summed E-state index contributed by atoms with van der Waals surface area (Å²) in [5.41, 5.74) is 12.5. The molecule has 0 aliphatic heterocycles. The third-order valence-electron chi connectivity index (χ3n) is 3.35. The molecule has 2 heterocycles. The Kier molecular flexibility index (Phi) is 3.42. The van der Waals surface area contributed by atoms with Gasteiger partial charge in [-0.1, -0.05) is 6.07 Å². The van der Waals surface area contributed by atoms with Crippen molar-refractivity contribution in [2.24, 2.45) is 0 Å². The summed E-state index contributed by atoms with van der Waals surface area (Å²) in [7, 11) is 1.60. The van der Waals surface area contributed by atoms with Crippen LogP contribution in [-0.4, -0.2) is 17.1 Å². The first kappa shape index (κ1) is 13.1. The van der Waals surface area contributed by atoms with Crippen LogP contribution in [0, 0.1) is 6.92 Å². The highest BCUT2D eigenvalue weighted by atomic mass is 32.1. The number of hydroxylamine groups is 1. The molecule has 104 valence electrons. The minimum absolute atomic E-state index is 0.286. The summed E-state index contributed by atoms with van der Waals surface area (Å²) < 4.78 is 0. The molecule has 2 aromatic heterocycles. The Balaban J connectivity index is 2.09. The predicted molar refractivity (Wildman–Crippen MR) is 80.1 cm³/mol. The second-order valence-electron chi connectivity index (χ2n) is 4.70. The van der Waals surface area contributed by atoms with Crippen molar-refractivity contribution in [1.29, 1.82) is 0 Å². The number of hydrogen-bond donors (Lipinski definition) is 2. The van der Waals surface area contributed by atoms with Gasteiger partial charge in [-0.05, 0) is 24.4 Å². The maximum atomic E-state index is 5.78. The number of nitrogens with zero attached hydrogens (tertiary/aromatic N) is 2. The van der Waals surface area contributed by atoms with Crippen molar-refractivity contribution in [3.05, 3.63) is 45.4 Å². The molecule has 1 aliphatic carbocycles. The van der Waals surface area contributed by atoms with Crippen LogP contribution < -0.4 is 11.2 Å². The molecule has 1 atom stereocenters. The molecule has 1 unspecified atom stereocenters. The first-order valence-corrected chi connectivity index (χ1v) is 7.24. The Bertz CT molecular complexity index is 651. The molecule has 6 heteroatoms. The molecule has 0 bridgehead atoms.